The zero-order valence-electron chi connectivity index (χ0n) is 27.8. The number of anilines is 1. The Kier molecular flexibility index (Phi) is 11.3. The van der Waals surface area contributed by atoms with Crippen LogP contribution in [0, 0.1) is 5.92 Å². The summed E-state index contributed by atoms with van der Waals surface area (Å²) in [7, 11) is 1.76. The molecular weight excluding hydrogens is 687 g/mol. The molecule has 0 spiro atoms. The average molecular weight is 730 g/mol. The van der Waals surface area contributed by atoms with E-state index in [9.17, 15) is 19.2 Å². The molecule has 3 aliphatic rings. The van der Waals surface area contributed by atoms with Gasteiger partial charge in [0.2, 0.25) is 11.8 Å². The molecule has 1 N–H and O–H groups in total. The van der Waals surface area contributed by atoms with E-state index in [1.165, 1.54) is 11.3 Å². The lowest BCUT2D eigenvalue weighted by molar-refractivity contribution is -0.259. The van der Waals surface area contributed by atoms with Crippen LogP contribution >= 0.6 is 34.5 Å². The number of benzene rings is 2. The molecule has 2 saturated heterocycles. The monoisotopic (exact) mass is 728 g/mol. The van der Waals surface area contributed by atoms with Gasteiger partial charge in [-0.15, -0.1) is 11.3 Å². The summed E-state index contributed by atoms with van der Waals surface area (Å²) < 4.78 is 13.2. The number of carbonyl (C=O) groups excluding carboxylic acids is 4. The largest absolute Gasteiger partial charge is 0.466 e. The second-order valence-electron chi connectivity index (χ2n) is 13.0. The minimum Gasteiger partial charge on any atom is -0.466 e. The van der Waals surface area contributed by atoms with E-state index in [1.54, 1.807) is 31.0 Å². The molecule has 2 aromatic carbocycles. The zero-order chi connectivity index (χ0) is 34.7. The van der Waals surface area contributed by atoms with Crippen molar-refractivity contribution in [2.75, 3.05) is 51.7 Å². The van der Waals surface area contributed by atoms with Crippen molar-refractivity contribution in [2.45, 2.75) is 63.8 Å². The highest BCUT2D eigenvalue weighted by molar-refractivity contribution is 7.17. The number of halogens is 2. The first kappa shape index (κ1) is 35.8. The van der Waals surface area contributed by atoms with E-state index in [-0.39, 0.29) is 58.6 Å². The second kappa shape index (κ2) is 15.4. The number of nitrogens with one attached hydrogen (secondary N) is 1. The quantitative estimate of drug-likeness (QED) is 0.232. The van der Waals surface area contributed by atoms with Gasteiger partial charge in [0.05, 0.1) is 41.4 Å². The summed E-state index contributed by atoms with van der Waals surface area (Å²) in [6, 6.07) is 10.9. The van der Waals surface area contributed by atoms with Crippen molar-refractivity contribution in [3.63, 3.8) is 0 Å². The van der Waals surface area contributed by atoms with Crippen LogP contribution in [0.1, 0.15) is 61.4 Å². The van der Waals surface area contributed by atoms with Gasteiger partial charge in [-0.05, 0) is 69.2 Å². The third-order valence-electron chi connectivity index (χ3n) is 9.87. The Morgan fingerprint density at radius 2 is 1.71 bits per heavy atom. The van der Waals surface area contributed by atoms with E-state index < -0.39 is 5.85 Å². The molecule has 3 aromatic rings. The number of carbonyl (C=O) groups is 4. The first-order chi connectivity index (χ1) is 23.6. The van der Waals surface area contributed by atoms with E-state index in [2.05, 4.69) is 10.2 Å². The van der Waals surface area contributed by atoms with Gasteiger partial charge in [-0.2, -0.15) is 0 Å². The Morgan fingerprint density at radius 3 is 2.43 bits per heavy atom. The lowest BCUT2D eigenvalue weighted by atomic mass is 9.87. The summed E-state index contributed by atoms with van der Waals surface area (Å²) in [5.41, 5.74) is 1.38. The van der Waals surface area contributed by atoms with E-state index in [0.717, 1.165) is 22.9 Å². The summed E-state index contributed by atoms with van der Waals surface area (Å²) in [5.74, 6) is -2.52. The minimum absolute atomic E-state index is 0.0354. The highest BCUT2D eigenvalue weighted by atomic mass is 35.5. The van der Waals surface area contributed by atoms with Gasteiger partial charge in [0.25, 0.3) is 5.91 Å². The Hall–Kier alpha value is -3.06. The van der Waals surface area contributed by atoms with Crippen LogP contribution in [0.2, 0.25) is 10.0 Å². The highest BCUT2D eigenvalue weighted by Gasteiger charge is 2.54. The number of ketones is 1. The fraction of sp³-hybridized carbons (Fsp3) is 0.500. The topological polar surface area (TPSA) is 108 Å². The van der Waals surface area contributed by atoms with E-state index >= 15 is 0 Å². The molecule has 3 fully saturated rings. The maximum absolute atomic E-state index is 14.9. The molecule has 10 nitrogen and oxygen atoms in total. The van der Waals surface area contributed by atoms with Crippen molar-refractivity contribution in [1.82, 2.24) is 14.7 Å². The molecule has 3 heterocycles. The number of ether oxygens (including phenoxy) is 2. The van der Waals surface area contributed by atoms with Crippen LogP contribution in [0.4, 0.5) is 5.69 Å². The molecule has 2 aliphatic heterocycles. The maximum atomic E-state index is 14.9. The molecule has 1 unspecified atom stereocenters. The standard InChI is InChI=1S/C36H42Cl2N4O6S/c1-3-47-35(46)23-10-12-25(13-11-23)48-36(41-14-6-7-15-41,42-17-16-40(2)33(44)21-42)32(43)19-24-18-29(38)30(20-28(24)37)39-34(45)27-22-49-31-9-5-4-8-26(27)31/h4-5,8-9,18,20,22-23,25H,3,6-7,10-17,19,21H2,1-2H3,(H,39,45). The van der Waals surface area contributed by atoms with E-state index in [1.807, 2.05) is 34.5 Å². The summed E-state index contributed by atoms with van der Waals surface area (Å²) >= 11 is 15.0. The smallest absolute Gasteiger partial charge is 0.308 e. The van der Waals surface area contributed by atoms with Crippen molar-refractivity contribution < 1.29 is 28.7 Å². The van der Waals surface area contributed by atoms with Crippen LogP contribution in [0.25, 0.3) is 10.1 Å². The Labute approximate surface area is 300 Å². The van der Waals surface area contributed by atoms with Crippen LogP contribution in [0.5, 0.6) is 0 Å². The van der Waals surface area contributed by atoms with Gasteiger partial charge in [0.1, 0.15) is 0 Å². The molecule has 6 rings (SSSR count). The molecule has 0 radical (unpaired) electrons. The van der Waals surface area contributed by atoms with Crippen molar-refractivity contribution in [3.05, 3.63) is 63.0 Å². The van der Waals surface area contributed by atoms with Crippen molar-refractivity contribution in [1.29, 1.82) is 0 Å². The predicted molar refractivity (Wildman–Crippen MR) is 191 cm³/mol. The number of likely N-dealkylation sites (N-methyl/N-ethyl adjacent to an activating group) is 1. The lowest BCUT2D eigenvalue weighted by Crippen LogP contribution is -2.71. The Morgan fingerprint density at radius 1 is 0.980 bits per heavy atom. The second-order valence-corrected chi connectivity index (χ2v) is 14.7. The van der Waals surface area contributed by atoms with Gasteiger partial charge in [-0.25, -0.2) is 4.90 Å². The van der Waals surface area contributed by atoms with Gasteiger partial charge < -0.3 is 19.7 Å². The number of amides is 2. The molecule has 1 saturated carbocycles. The first-order valence-corrected chi connectivity index (χ1v) is 18.6. The third kappa shape index (κ3) is 7.52. The number of hydrogen-bond acceptors (Lipinski definition) is 9. The minimum atomic E-state index is -1.50. The molecule has 2 amide bonds. The van der Waals surface area contributed by atoms with Crippen LogP contribution in [-0.2, 0) is 30.3 Å². The van der Waals surface area contributed by atoms with Crippen LogP contribution in [0.3, 0.4) is 0 Å². The number of fused-ring (bicyclic) bond motifs is 1. The fourth-order valence-corrected chi connectivity index (χ4v) is 8.57. The summed E-state index contributed by atoms with van der Waals surface area (Å²) in [4.78, 5) is 59.3. The summed E-state index contributed by atoms with van der Waals surface area (Å²) in [6.45, 7) is 4.37. The summed E-state index contributed by atoms with van der Waals surface area (Å²) in [5, 5.41) is 6.08. The normalized spacial score (nSPS) is 21.9. The maximum Gasteiger partial charge on any atom is 0.308 e. The molecule has 1 atom stereocenters. The number of rotatable bonds is 11. The number of esters is 1. The molecule has 0 bridgehead atoms. The third-order valence-corrected chi connectivity index (χ3v) is 11.5. The van der Waals surface area contributed by atoms with Crippen LogP contribution < -0.4 is 5.32 Å². The fourth-order valence-electron chi connectivity index (χ4n) is 7.16. The highest BCUT2D eigenvalue weighted by Crippen LogP contribution is 2.38. The molecule has 1 aromatic heterocycles. The predicted octanol–water partition coefficient (Wildman–Crippen LogP) is 6.23. The number of hydrogen-bond donors (Lipinski definition) is 1. The number of likely N-dealkylation sites (tertiary alicyclic amines) is 1. The van der Waals surface area contributed by atoms with Crippen molar-refractivity contribution >= 4 is 73.9 Å². The molecule has 49 heavy (non-hydrogen) atoms. The van der Waals surface area contributed by atoms with Gasteiger partial charge >= 0.3 is 5.97 Å². The van der Waals surface area contributed by atoms with E-state index in [0.29, 0.717) is 75.3 Å². The number of piperazine rings is 1. The number of thiophene rings is 1. The number of nitrogens with zero attached hydrogens (tertiary/aromatic N) is 3. The van der Waals surface area contributed by atoms with Gasteiger partial charge in [-0.1, -0.05) is 41.4 Å². The van der Waals surface area contributed by atoms with Gasteiger partial charge in [-0.3, -0.25) is 24.1 Å². The molecule has 1 aliphatic carbocycles. The van der Waals surface area contributed by atoms with Gasteiger partial charge in [0.15, 0.2) is 5.78 Å². The number of Topliss-reactive ketones (excluding diaryl/α,β-unsaturated/α-hetero) is 1. The SMILES string of the molecule is CCOC(=O)C1CCC(OC(C(=O)Cc2cc(Cl)c(NC(=O)c3csc4ccccc34)cc2Cl)(N2CCCC2)N2CCN(C)C(=O)C2)CC1. The van der Waals surface area contributed by atoms with Gasteiger partial charge in [0, 0.05) is 60.1 Å². The average Bonchev–Trinajstić information content (AvgIpc) is 3.79. The van der Waals surface area contributed by atoms with Crippen molar-refractivity contribution in [2.24, 2.45) is 5.92 Å². The first-order valence-electron chi connectivity index (χ1n) is 17.0. The Bertz CT molecular complexity index is 1720. The van der Waals surface area contributed by atoms with Crippen molar-refractivity contribution in [3.8, 4) is 0 Å². The lowest BCUT2D eigenvalue weighted by Gasteiger charge is -2.51. The molecular formula is C36H42Cl2N4O6S. The van der Waals surface area contributed by atoms with E-state index in [4.69, 9.17) is 32.7 Å². The molecule has 13 heteroatoms. The van der Waals surface area contributed by atoms with Crippen LogP contribution in [0.15, 0.2) is 41.8 Å². The zero-order valence-corrected chi connectivity index (χ0v) is 30.2. The summed E-state index contributed by atoms with van der Waals surface area (Å²) in [6.07, 6.45) is 3.79. The molecule has 262 valence electrons. The van der Waals surface area contributed by atoms with Crippen LogP contribution in [-0.4, -0.2) is 96.6 Å². The Balaban J connectivity index is 1.27.